The van der Waals surface area contributed by atoms with E-state index in [1.54, 1.807) is 5.57 Å². The van der Waals surface area contributed by atoms with Gasteiger partial charge in [0.15, 0.2) is 0 Å². The van der Waals surface area contributed by atoms with Gasteiger partial charge in [0.05, 0.1) is 15.3 Å². The van der Waals surface area contributed by atoms with Gasteiger partial charge in [-0.05, 0) is 55.6 Å². The second-order valence-electron chi connectivity index (χ2n) is 7.09. The fraction of sp³-hybridized carbons (Fsp3) is 0.579. The lowest BCUT2D eigenvalue weighted by molar-refractivity contribution is 0.236. The summed E-state index contributed by atoms with van der Waals surface area (Å²) in [5, 5.41) is 0. The van der Waals surface area contributed by atoms with Gasteiger partial charge in [0.25, 0.3) is 0 Å². The summed E-state index contributed by atoms with van der Waals surface area (Å²) in [6.07, 6.45) is 16.9. The maximum Gasteiger partial charge on any atom is 0.134 e. The van der Waals surface area contributed by atoms with E-state index >= 15 is 0 Å². The number of ether oxygens (including phenoxy) is 1. The molecule has 23 heavy (non-hydrogen) atoms. The summed E-state index contributed by atoms with van der Waals surface area (Å²) >= 11 is 4.04. The molecule has 4 heterocycles. The van der Waals surface area contributed by atoms with Crippen molar-refractivity contribution < 1.29 is 4.74 Å². The van der Waals surface area contributed by atoms with Crippen molar-refractivity contribution in [3.05, 3.63) is 45.5 Å². The van der Waals surface area contributed by atoms with Gasteiger partial charge in [-0.1, -0.05) is 12.5 Å². The second kappa shape index (κ2) is 5.66. The monoisotopic (exact) mass is 345 g/mol. The molecule has 5 aliphatic rings. The molecule has 0 aromatic rings. The maximum atomic E-state index is 6.64. The van der Waals surface area contributed by atoms with Crippen molar-refractivity contribution in [2.45, 2.75) is 51.4 Å². The normalized spacial score (nSPS) is 33.0. The van der Waals surface area contributed by atoms with Crippen LogP contribution in [-0.4, -0.2) is 16.4 Å². The van der Waals surface area contributed by atoms with E-state index < -0.39 is 0 Å². The van der Waals surface area contributed by atoms with Gasteiger partial charge in [0.2, 0.25) is 0 Å². The van der Waals surface area contributed by atoms with Crippen molar-refractivity contribution in [2.75, 3.05) is 11.5 Å². The molecule has 1 aliphatic carbocycles. The molecule has 0 bridgehead atoms. The van der Waals surface area contributed by atoms with Crippen LogP contribution in [0.15, 0.2) is 45.5 Å². The lowest BCUT2D eigenvalue weighted by Gasteiger charge is -2.42. The number of nitrogens with zero attached hydrogens (tertiary/aromatic N) is 1. The topological polar surface area (TPSA) is 12.5 Å². The summed E-state index contributed by atoms with van der Waals surface area (Å²) in [4.78, 5) is 2.35. The van der Waals surface area contributed by atoms with Crippen molar-refractivity contribution >= 4 is 23.5 Å². The standard InChI is InChI=1S/C19H23NOS2/c1-3-8-19-12-16(18-22-10-5-11-23-18)21-17(19)15-7-2-4-9-20(15)13-14(19)6-1/h4,9,13H,1-3,5-8,10-12H2. The summed E-state index contributed by atoms with van der Waals surface area (Å²) in [5.41, 5.74) is 3.26. The Morgan fingerprint density at radius 1 is 1.09 bits per heavy atom. The first-order valence-corrected chi connectivity index (χ1v) is 10.9. The van der Waals surface area contributed by atoms with Gasteiger partial charge < -0.3 is 9.64 Å². The molecule has 1 atom stereocenters. The molecule has 0 N–H and O–H groups in total. The number of rotatable bonds is 0. The van der Waals surface area contributed by atoms with Gasteiger partial charge in [0.1, 0.15) is 11.5 Å². The summed E-state index contributed by atoms with van der Waals surface area (Å²) in [7, 11) is 0. The smallest absolute Gasteiger partial charge is 0.134 e. The third-order valence-electron chi connectivity index (χ3n) is 5.70. The third-order valence-corrected chi connectivity index (χ3v) is 8.37. The molecule has 0 aromatic heterocycles. The molecule has 1 unspecified atom stereocenters. The van der Waals surface area contributed by atoms with Crippen molar-refractivity contribution in [3.63, 3.8) is 0 Å². The lowest BCUT2D eigenvalue weighted by Crippen LogP contribution is -2.34. The molecule has 0 radical (unpaired) electrons. The van der Waals surface area contributed by atoms with Gasteiger partial charge >= 0.3 is 0 Å². The summed E-state index contributed by atoms with van der Waals surface area (Å²) in [5.74, 6) is 5.11. The molecule has 1 saturated carbocycles. The van der Waals surface area contributed by atoms with E-state index in [-0.39, 0.29) is 5.41 Å². The van der Waals surface area contributed by atoms with Crippen LogP contribution >= 0.6 is 23.5 Å². The van der Waals surface area contributed by atoms with Crippen LogP contribution in [0.25, 0.3) is 0 Å². The van der Waals surface area contributed by atoms with E-state index in [4.69, 9.17) is 4.74 Å². The number of hydrogen-bond donors (Lipinski definition) is 0. The molecule has 4 heteroatoms. The van der Waals surface area contributed by atoms with Crippen LogP contribution in [0.5, 0.6) is 0 Å². The highest BCUT2D eigenvalue weighted by molar-refractivity contribution is 8.22. The van der Waals surface area contributed by atoms with E-state index in [2.05, 4.69) is 23.4 Å². The Labute approximate surface area is 147 Å². The highest BCUT2D eigenvalue weighted by Crippen LogP contribution is 2.61. The molecule has 3 fully saturated rings. The second-order valence-corrected chi connectivity index (χ2v) is 9.56. The summed E-state index contributed by atoms with van der Waals surface area (Å²) in [6, 6.07) is 0. The molecule has 2 saturated heterocycles. The van der Waals surface area contributed by atoms with Crippen LogP contribution < -0.4 is 0 Å². The van der Waals surface area contributed by atoms with Gasteiger partial charge in [0, 0.05) is 18.8 Å². The molecule has 1 spiro atoms. The van der Waals surface area contributed by atoms with Crippen molar-refractivity contribution in [1.29, 1.82) is 0 Å². The van der Waals surface area contributed by atoms with Gasteiger partial charge in [-0.25, -0.2) is 0 Å². The van der Waals surface area contributed by atoms with E-state index in [9.17, 15) is 0 Å². The minimum atomic E-state index is 0.205. The number of thioether (sulfide) groups is 2. The highest BCUT2D eigenvalue weighted by atomic mass is 32.2. The maximum absolute atomic E-state index is 6.64. The minimum absolute atomic E-state index is 0.205. The lowest BCUT2D eigenvalue weighted by atomic mass is 9.66. The Bertz CT molecular complexity index is 652. The number of hydrogen-bond acceptors (Lipinski definition) is 4. The quantitative estimate of drug-likeness (QED) is 0.556. The molecular formula is C19H23NOS2. The predicted molar refractivity (Wildman–Crippen MR) is 98.5 cm³/mol. The van der Waals surface area contributed by atoms with Crippen molar-refractivity contribution in [2.24, 2.45) is 5.41 Å². The fourth-order valence-electron chi connectivity index (χ4n) is 4.59. The van der Waals surface area contributed by atoms with E-state index in [0.717, 1.165) is 19.3 Å². The van der Waals surface area contributed by atoms with Crippen LogP contribution in [-0.2, 0) is 4.74 Å². The fourth-order valence-corrected chi connectivity index (χ4v) is 7.10. The molecule has 0 amide bonds. The highest BCUT2D eigenvalue weighted by Gasteiger charge is 2.52. The first-order valence-electron chi connectivity index (χ1n) is 8.93. The van der Waals surface area contributed by atoms with Crippen LogP contribution in [0.2, 0.25) is 0 Å². The first-order chi connectivity index (χ1) is 11.4. The number of fused-ring (bicyclic) bond motifs is 1. The number of allylic oxidation sites excluding steroid dienone is 4. The Morgan fingerprint density at radius 3 is 2.91 bits per heavy atom. The minimum Gasteiger partial charge on any atom is -0.462 e. The van der Waals surface area contributed by atoms with E-state index in [1.807, 2.05) is 23.5 Å². The van der Waals surface area contributed by atoms with Crippen LogP contribution in [0.4, 0.5) is 0 Å². The van der Waals surface area contributed by atoms with Gasteiger partial charge in [-0.2, -0.15) is 0 Å². The zero-order chi connectivity index (χ0) is 15.3. The Kier molecular flexibility index (Phi) is 3.59. The van der Waals surface area contributed by atoms with Crippen LogP contribution in [0.3, 0.4) is 0 Å². The zero-order valence-electron chi connectivity index (χ0n) is 13.5. The van der Waals surface area contributed by atoms with Gasteiger partial charge in [-0.15, -0.1) is 23.5 Å². The Morgan fingerprint density at radius 2 is 2.00 bits per heavy atom. The Hall–Kier alpha value is -0.740. The molecule has 4 aliphatic heterocycles. The zero-order valence-corrected chi connectivity index (χ0v) is 15.1. The van der Waals surface area contributed by atoms with Crippen molar-refractivity contribution in [3.8, 4) is 0 Å². The average Bonchev–Trinajstić information content (AvgIpc) is 3.00. The third kappa shape index (κ3) is 2.25. The molecule has 2 nitrogen and oxygen atoms in total. The molecule has 0 aromatic carbocycles. The van der Waals surface area contributed by atoms with Crippen molar-refractivity contribution in [1.82, 2.24) is 4.90 Å². The molecular weight excluding hydrogens is 322 g/mol. The SMILES string of the molecule is C1=CN2C=C3CCCCC34CC(=C3SCCCS3)OC4=C2CC1. The van der Waals surface area contributed by atoms with E-state index in [0.29, 0.717) is 0 Å². The predicted octanol–water partition coefficient (Wildman–Crippen LogP) is 5.72. The summed E-state index contributed by atoms with van der Waals surface area (Å²) < 4.78 is 8.10. The molecule has 122 valence electrons. The largest absolute Gasteiger partial charge is 0.462 e. The Balaban J connectivity index is 1.62. The summed E-state index contributed by atoms with van der Waals surface area (Å²) in [6.45, 7) is 0. The average molecular weight is 346 g/mol. The van der Waals surface area contributed by atoms with Gasteiger partial charge in [-0.3, -0.25) is 0 Å². The first kappa shape index (κ1) is 14.6. The van der Waals surface area contributed by atoms with Crippen LogP contribution in [0.1, 0.15) is 51.4 Å². The van der Waals surface area contributed by atoms with E-state index in [1.165, 1.54) is 65.1 Å². The molecule has 5 rings (SSSR count). The van der Waals surface area contributed by atoms with Crippen LogP contribution in [0, 0.1) is 5.41 Å².